The lowest BCUT2D eigenvalue weighted by Gasteiger charge is -2.12. The van der Waals surface area contributed by atoms with Gasteiger partial charge in [0.2, 0.25) is 0 Å². The monoisotopic (exact) mass is 321 g/mol. The lowest BCUT2D eigenvalue weighted by atomic mass is 9.78. The lowest BCUT2D eigenvalue weighted by molar-refractivity contribution is 0.197. The van der Waals surface area contributed by atoms with Gasteiger partial charge in [-0.1, -0.05) is 15.9 Å². The largest absolute Gasteiger partial charge is 0.495 e. The SMILES string of the molecule is CCOc1ccc(Br)c2c1B(O)O[C@@H]2CN.Cl. The third kappa shape index (κ3) is 2.61. The second kappa shape index (κ2) is 6.06. The zero-order valence-corrected chi connectivity index (χ0v) is 11.8. The Morgan fingerprint density at radius 1 is 1.59 bits per heavy atom. The first-order valence-electron chi connectivity index (χ1n) is 5.17. The second-order valence-corrected chi connectivity index (χ2v) is 4.37. The van der Waals surface area contributed by atoms with E-state index in [0.29, 0.717) is 24.4 Å². The number of rotatable bonds is 3. The van der Waals surface area contributed by atoms with Gasteiger partial charge in [-0.15, -0.1) is 12.4 Å². The molecule has 0 fully saturated rings. The van der Waals surface area contributed by atoms with E-state index in [1.807, 2.05) is 19.1 Å². The summed E-state index contributed by atoms with van der Waals surface area (Å²) in [4.78, 5) is 0. The minimum Gasteiger partial charge on any atom is -0.494 e. The standard InChI is InChI=1S/C10H13BBrNO3.ClH/c1-2-15-7-4-3-6(12)9-8(5-13)16-11(14)10(7)9;/h3-4,8,14H,2,5,13H2,1H3;1H/t8-;/m1./s1. The average molecular weight is 322 g/mol. The van der Waals surface area contributed by atoms with Gasteiger partial charge < -0.3 is 20.1 Å². The van der Waals surface area contributed by atoms with Crippen LogP contribution in [0.15, 0.2) is 16.6 Å². The highest BCUT2D eigenvalue weighted by atomic mass is 79.9. The highest BCUT2D eigenvalue weighted by molar-refractivity contribution is 9.10. The number of hydrogen-bond donors (Lipinski definition) is 2. The molecule has 0 aliphatic carbocycles. The van der Waals surface area contributed by atoms with Gasteiger partial charge in [-0.3, -0.25) is 0 Å². The van der Waals surface area contributed by atoms with E-state index in [2.05, 4.69) is 15.9 Å². The molecule has 0 saturated carbocycles. The van der Waals surface area contributed by atoms with Crippen LogP contribution >= 0.6 is 28.3 Å². The number of ether oxygens (including phenoxy) is 1. The van der Waals surface area contributed by atoms with Crippen molar-refractivity contribution in [1.82, 2.24) is 0 Å². The summed E-state index contributed by atoms with van der Waals surface area (Å²) in [7, 11) is -0.956. The Hall–Kier alpha value is -0.265. The van der Waals surface area contributed by atoms with Crippen molar-refractivity contribution < 1.29 is 14.4 Å². The molecule has 7 heteroatoms. The fourth-order valence-electron chi connectivity index (χ4n) is 1.92. The molecule has 0 radical (unpaired) electrons. The van der Waals surface area contributed by atoms with E-state index in [1.54, 1.807) is 0 Å². The summed E-state index contributed by atoms with van der Waals surface area (Å²) in [6.45, 7) is 2.78. The Morgan fingerprint density at radius 3 is 2.88 bits per heavy atom. The molecule has 4 nitrogen and oxygen atoms in total. The molecule has 0 bridgehead atoms. The van der Waals surface area contributed by atoms with Crippen LogP contribution in [0.4, 0.5) is 0 Å². The van der Waals surface area contributed by atoms with E-state index in [-0.39, 0.29) is 18.5 Å². The van der Waals surface area contributed by atoms with Crippen molar-refractivity contribution in [3.8, 4) is 5.75 Å². The van der Waals surface area contributed by atoms with Crippen LogP contribution in [-0.2, 0) is 4.65 Å². The van der Waals surface area contributed by atoms with E-state index in [1.165, 1.54) is 0 Å². The molecule has 1 aliphatic rings. The summed E-state index contributed by atoms with van der Waals surface area (Å²) < 4.78 is 11.7. The lowest BCUT2D eigenvalue weighted by Crippen LogP contribution is -2.30. The molecule has 0 amide bonds. The molecule has 0 aromatic heterocycles. The van der Waals surface area contributed by atoms with E-state index >= 15 is 0 Å². The van der Waals surface area contributed by atoms with Crippen molar-refractivity contribution >= 4 is 40.9 Å². The Labute approximate surface area is 115 Å². The van der Waals surface area contributed by atoms with Gasteiger partial charge in [0.1, 0.15) is 5.75 Å². The van der Waals surface area contributed by atoms with E-state index < -0.39 is 7.12 Å². The van der Waals surface area contributed by atoms with Crippen molar-refractivity contribution in [2.75, 3.05) is 13.2 Å². The van der Waals surface area contributed by atoms with Crippen LogP contribution < -0.4 is 15.9 Å². The minimum atomic E-state index is -0.956. The Kier molecular flexibility index (Phi) is 5.28. The van der Waals surface area contributed by atoms with E-state index in [0.717, 1.165) is 10.0 Å². The molecule has 3 N–H and O–H groups in total. The molecule has 1 atom stereocenters. The van der Waals surface area contributed by atoms with Gasteiger partial charge in [-0.05, 0) is 24.6 Å². The van der Waals surface area contributed by atoms with E-state index in [4.69, 9.17) is 15.1 Å². The molecule has 0 saturated heterocycles. The van der Waals surface area contributed by atoms with Gasteiger partial charge in [0, 0.05) is 16.5 Å². The Morgan fingerprint density at radius 2 is 2.29 bits per heavy atom. The van der Waals surface area contributed by atoms with Gasteiger partial charge in [0.25, 0.3) is 0 Å². The molecule has 1 aromatic rings. The first kappa shape index (κ1) is 14.8. The highest BCUT2D eigenvalue weighted by Crippen LogP contribution is 2.33. The minimum absolute atomic E-state index is 0. The summed E-state index contributed by atoms with van der Waals surface area (Å²) >= 11 is 3.44. The molecule has 94 valence electrons. The molecule has 0 spiro atoms. The number of nitrogens with two attached hydrogens (primary N) is 1. The Bertz CT molecular complexity index is 407. The van der Waals surface area contributed by atoms with Crippen molar-refractivity contribution in [3.63, 3.8) is 0 Å². The van der Waals surface area contributed by atoms with Crippen LogP contribution in [0.2, 0.25) is 0 Å². The van der Waals surface area contributed by atoms with Crippen molar-refractivity contribution in [2.24, 2.45) is 5.73 Å². The maximum Gasteiger partial charge on any atom is 0.495 e. The maximum atomic E-state index is 9.84. The number of halogens is 2. The van der Waals surface area contributed by atoms with Crippen LogP contribution in [0.3, 0.4) is 0 Å². The van der Waals surface area contributed by atoms with Gasteiger partial charge in [-0.2, -0.15) is 0 Å². The summed E-state index contributed by atoms with van der Waals surface area (Å²) in [5.41, 5.74) is 7.18. The molecule has 1 aromatic carbocycles. The number of benzene rings is 1. The number of hydrogen-bond acceptors (Lipinski definition) is 4. The third-order valence-corrected chi connectivity index (χ3v) is 3.26. The average Bonchev–Trinajstić information content (AvgIpc) is 2.61. The molecule has 1 heterocycles. The summed E-state index contributed by atoms with van der Waals surface area (Å²) in [6.07, 6.45) is -0.278. The molecule has 2 rings (SSSR count). The fraction of sp³-hybridized carbons (Fsp3) is 0.400. The topological polar surface area (TPSA) is 64.7 Å². The summed E-state index contributed by atoms with van der Waals surface area (Å²) in [6, 6.07) is 3.70. The van der Waals surface area contributed by atoms with Crippen molar-refractivity contribution in [3.05, 3.63) is 22.2 Å². The van der Waals surface area contributed by atoms with Crippen LogP contribution in [0.25, 0.3) is 0 Å². The molecular weight excluding hydrogens is 308 g/mol. The normalized spacial score (nSPS) is 17.6. The first-order chi connectivity index (χ1) is 7.69. The van der Waals surface area contributed by atoms with Gasteiger partial charge in [-0.25, -0.2) is 0 Å². The zero-order chi connectivity index (χ0) is 11.7. The maximum absolute atomic E-state index is 9.84. The molecule has 0 unspecified atom stereocenters. The molecular formula is C10H14BBrClNO3. The first-order valence-corrected chi connectivity index (χ1v) is 5.97. The third-order valence-electron chi connectivity index (χ3n) is 2.57. The summed E-state index contributed by atoms with van der Waals surface area (Å²) in [5, 5.41) is 9.84. The summed E-state index contributed by atoms with van der Waals surface area (Å²) in [5.74, 6) is 0.657. The van der Waals surface area contributed by atoms with E-state index in [9.17, 15) is 5.02 Å². The van der Waals surface area contributed by atoms with Crippen molar-refractivity contribution in [1.29, 1.82) is 0 Å². The zero-order valence-electron chi connectivity index (χ0n) is 9.35. The van der Waals surface area contributed by atoms with Crippen LogP contribution in [0.5, 0.6) is 5.75 Å². The van der Waals surface area contributed by atoms with Gasteiger partial charge in [0.05, 0.1) is 12.7 Å². The van der Waals surface area contributed by atoms with Gasteiger partial charge >= 0.3 is 7.12 Å². The van der Waals surface area contributed by atoms with Crippen LogP contribution in [-0.4, -0.2) is 25.3 Å². The van der Waals surface area contributed by atoms with Crippen LogP contribution in [0, 0.1) is 0 Å². The van der Waals surface area contributed by atoms with Crippen molar-refractivity contribution in [2.45, 2.75) is 13.0 Å². The predicted molar refractivity (Wildman–Crippen MR) is 73.0 cm³/mol. The highest BCUT2D eigenvalue weighted by Gasteiger charge is 2.38. The quantitative estimate of drug-likeness (QED) is 0.815. The second-order valence-electron chi connectivity index (χ2n) is 3.52. The fourth-order valence-corrected chi connectivity index (χ4v) is 2.52. The predicted octanol–water partition coefficient (Wildman–Crippen LogP) is 0.987. The van der Waals surface area contributed by atoms with Gasteiger partial charge in [0.15, 0.2) is 0 Å². The number of fused-ring (bicyclic) bond motifs is 1. The smallest absolute Gasteiger partial charge is 0.494 e. The van der Waals surface area contributed by atoms with Crippen LogP contribution in [0.1, 0.15) is 18.6 Å². The molecule has 17 heavy (non-hydrogen) atoms. The Balaban J connectivity index is 0.00000144. The molecule has 1 aliphatic heterocycles.